The van der Waals surface area contributed by atoms with E-state index in [4.69, 9.17) is 10.5 Å². The lowest BCUT2D eigenvalue weighted by molar-refractivity contribution is 0.0955. The van der Waals surface area contributed by atoms with Crippen LogP contribution in [0.5, 0.6) is 0 Å². The molecule has 0 radical (unpaired) electrons. The Hall–Kier alpha value is -1.64. The first-order valence-electron chi connectivity index (χ1n) is 6.65. The summed E-state index contributed by atoms with van der Waals surface area (Å²) in [5, 5.41) is 2.60. The first-order valence-corrected chi connectivity index (χ1v) is 8.31. The molecule has 4 N–H and O–H groups in total. The molecule has 0 aliphatic rings. The Kier molecular flexibility index (Phi) is 7.13. The van der Waals surface area contributed by atoms with Crippen LogP contribution in [0.25, 0.3) is 0 Å². The number of nitrogens with two attached hydrogens (primary N) is 1. The highest BCUT2D eigenvalue weighted by Gasteiger charge is 2.16. The molecule has 0 atom stereocenters. The van der Waals surface area contributed by atoms with Crippen LogP contribution in [0.1, 0.15) is 17.3 Å². The average Bonchev–Trinajstić information content (AvgIpc) is 2.45. The number of rotatable bonds is 9. The number of nitrogens with one attached hydrogen (secondary N) is 2. The molecule has 118 valence electrons. The smallest absolute Gasteiger partial charge is 0.253 e. The summed E-state index contributed by atoms with van der Waals surface area (Å²) in [5.41, 5.74) is 5.82. The van der Waals surface area contributed by atoms with Gasteiger partial charge in [-0.2, -0.15) is 0 Å². The van der Waals surface area contributed by atoms with Gasteiger partial charge in [-0.15, -0.1) is 0 Å². The first kappa shape index (κ1) is 17.4. The summed E-state index contributed by atoms with van der Waals surface area (Å²) >= 11 is 0. The van der Waals surface area contributed by atoms with Crippen LogP contribution >= 0.6 is 0 Å². The Balaban J connectivity index is 2.81. The summed E-state index contributed by atoms with van der Waals surface area (Å²) in [6, 6.07) is 6.40. The number of ether oxygens (including phenoxy) is 1. The van der Waals surface area contributed by atoms with E-state index >= 15 is 0 Å². The third-order valence-electron chi connectivity index (χ3n) is 2.57. The molecule has 8 heteroatoms. The molecule has 0 bridgehead atoms. The zero-order valence-electron chi connectivity index (χ0n) is 12.0. The summed E-state index contributed by atoms with van der Waals surface area (Å²) in [4.78, 5) is 11.9. The second-order valence-corrected chi connectivity index (χ2v) is 6.05. The van der Waals surface area contributed by atoms with Gasteiger partial charge in [0.1, 0.15) is 0 Å². The summed E-state index contributed by atoms with van der Waals surface area (Å²) < 4.78 is 31.3. The molecule has 1 amide bonds. The normalized spacial score (nSPS) is 11.1. The molecule has 1 rings (SSSR count). The second kappa shape index (κ2) is 8.60. The molecule has 0 spiro atoms. The van der Waals surface area contributed by atoms with Gasteiger partial charge < -0.3 is 15.8 Å². The topological polar surface area (TPSA) is 111 Å². The first-order chi connectivity index (χ1) is 10.00. The van der Waals surface area contributed by atoms with Gasteiger partial charge in [0, 0.05) is 19.7 Å². The largest absolute Gasteiger partial charge is 0.381 e. The number of carbonyl (C=O) groups is 1. The minimum atomic E-state index is -3.56. The van der Waals surface area contributed by atoms with Crippen molar-refractivity contribution in [2.24, 2.45) is 5.73 Å². The van der Waals surface area contributed by atoms with Crippen LogP contribution in [-0.2, 0) is 14.8 Å². The van der Waals surface area contributed by atoms with E-state index in [1.54, 1.807) is 25.1 Å². The highest BCUT2D eigenvalue weighted by Crippen LogP contribution is 2.16. The maximum atomic E-state index is 11.9. The molecule has 0 aliphatic heterocycles. The van der Waals surface area contributed by atoms with Crippen LogP contribution in [0.15, 0.2) is 24.3 Å². The van der Waals surface area contributed by atoms with Crippen LogP contribution in [0.2, 0.25) is 0 Å². The highest BCUT2D eigenvalue weighted by atomic mass is 32.2. The van der Waals surface area contributed by atoms with Crippen LogP contribution in [-0.4, -0.2) is 46.4 Å². The Morgan fingerprint density at radius 2 is 2.05 bits per heavy atom. The van der Waals surface area contributed by atoms with E-state index in [9.17, 15) is 13.2 Å². The molecule has 21 heavy (non-hydrogen) atoms. The van der Waals surface area contributed by atoms with E-state index in [2.05, 4.69) is 10.0 Å². The molecule has 1 aromatic carbocycles. The maximum absolute atomic E-state index is 11.9. The summed E-state index contributed by atoms with van der Waals surface area (Å²) in [5.74, 6) is -0.539. The van der Waals surface area contributed by atoms with Crippen molar-refractivity contribution in [3.05, 3.63) is 29.8 Å². The Labute approximate surface area is 124 Å². The van der Waals surface area contributed by atoms with Gasteiger partial charge in [-0.25, -0.2) is 8.42 Å². The monoisotopic (exact) mass is 315 g/mol. The lowest BCUT2D eigenvalue weighted by atomic mass is 10.1. The van der Waals surface area contributed by atoms with E-state index in [-0.39, 0.29) is 29.5 Å². The molecule has 1 aromatic rings. The number of hydrogen-bond donors (Lipinski definition) is 3. The number of hydrogen-bond acceptors (Lipinski definition) is 5. The number of amides is 1. The zero-order valence-corrected chi connectivity index (χ0v) is 12.8. The van der Waals surface area contributed by atoms with Crippen LogP contribution in [0.3, 0.4) is 0 Å². The predicted octanol–water partition coefficient (Wildman–Crippen LogP) is 0.153. The third kappa shape index (κ3) is 6.11. The fraction of sp³-hybridized carbons (Fsp3) is 0.462. The quantitative estimate of drug-likeness (QED) is 0.562. The third-order valence-corrected chi connectivity index (χ3v) is 3.80. The average molecular weight is 315 g/mol. The Bertz CT molecular complexity index is 560. The van der Waals surface area contributed by atoms with E-state index in [1.165, 1.54) is 6.07 Å². The van der Waals surface area contributed by atoms with E-state index in [0.717, 1.165) is 0 Å². The number of carbonyl (C=O) groups excluding carboxylic acids is 1. The van der Waals surface area contributed by atoms with Gasteiger partial charge in [-0.1, -0.05) is 12.1 Å². The van der Waals surface area contributed by atoms with Crippen molar-refractivity contribution in [1.82, 2.24) is 5.32 Å². The molecule has 7 nitrogen and oxygen atoms in total. The minimum Gasteiger partial charge on any atom is -0.381 e. The minimum absolute atomic E-state index is 0.105. The number of benzene rings is 1. The van der Waals surface area contributed by atoms with Crippen molar-refractivity contribution in [3.63, 3.8) is 0 Å². The van der Waals surface area contributed by atoms with Crippen molar-refractivity contribution >= 4 is 21.6 Å². The molecular formula is C13H21N3O4S. The van der Waals surface area contributed by atoms with Gasteiger partial charge in [-0.05, 0) is 19.1 Å². The molecule has 0 aromatic heterocycles. The van der Waals surface area contributed by atoms with Crippen molar-refractivity contribution in [2.75, 3.05) is 36.8 Å². The number of sulfonamides is 1. The van der Waals surface area contributed by atoms with Gasteiger partial charge in [0.25, 0.3) is 5.91 Å². The molecule has 0 fully saturated rings. The van der Waals surface area contributed by atoms with E-state index in [0.29, 0.717) is 19.7 Å². The lowest BCUT2D eigenvalue weighted by Crippen LogP contribution is -2.30. The molecule has 0 unspecified atom stereocenters. The molecule has 0 saturated carbocycles. The fourth-order valence-electron chi connectivity index (χ4n) is 1.58. The molecule has 0 saturated heterocycles. The van der Waals surface area contributed by atoms with Crippen LogP contribution in [0, 0.1) is 0 Å². The molecule has 0 heterocycles. The standard InChI is InChI=1S/C13H21N3O4S/c1-2-20-9-10-21(18,19)16-12-6-4-3-5-11(12)13(17)15-8-7-14/h3-6,16H,2,7-10,14H2,1H3,(H,15,17). The van der Waals surface area contributed by atoms with Crippen molar-refractivity contribution in [1.29, 1.82) is 0 Å². The number of anilines is 1. The van der Waals surface area contributed by atoms with Crippen LogP contribution in [0.4, 0.5) is 5.69 Å². The summed E-state index contributed by atoms with van der Waals surface area (Å²) in [6.07, 6.45) is 0. The van der Waals surface area contributed by atoms with Crippen LogP contribution < -0.4 is 15.8 Å². The lowest BCUT2D eigenvalue weighted by Gasteiger charge is -2.12. The maximum Gasteiger partial charge on any atom is 0.253 e. The molecule has 0 aliphatic carbocycles. The van der Waals surface area contributed by atoms with Crippen molar-refractivity contribution in [3.8, 4) is 0 Å². The van der Waals surface area contributed by atoms with Gasteiger partial charge in [0.2, 0.25) is 10.0 Å². The van der Waals surface area contributed by atoms with Gasteiger partial charge in [0.05, 0.1) is 23.6 Å². The fourth-order valence-corrected chi connectivity index (χ4v) is 2.53. The van der Waals surface area contributed by atoms with Gasteiger partial charge in [-0.3, -0.25) is 9.52 Å². The number of para-hydroxylation sites is 1. The SMILES string of the molecule is CCOCCS(=O)(=O)Nc1ccccc1C(=O)NCCN. The van der Waals surface area contributed by atoms with Gasteiger partial charge >= 0.3 is 0 Å². The Morgan fingerprint density at radius 3 is 2.71 bits per heavy atom. The summed E-state index contributed by atoms with van der Waals surface area (Å²) in [6.45, 7) is 2.98. The van der Waals surface area contributed by atoms with E-state index < -0.39 is 10.0 Å². The van der Waals surface area contributed by atoms with Crippen molar-refractivity contribution < 1.29 is 17.9 Å². The predicted molar refractivity (Wildman–Crippen MR) is 81.7 cm³/mol. The second-order valence-electron chi connectivity index (χ2n) is 4.21. The summed E-state index contributed by atoms with van der Waals surface area (Å²) in [7, 11) is -3.56. The Morgan fingerprint density at radius 1 is 1.33 bits per heavy atom. The zero-order chi connectivity index (χ0) is 15.7. The highest BCUT2D eigenvalue weighted by molar-refractivity contribution is 7.92. The molecular weight excluding hydrogens is 294 g/mol. The van der Waals surface area contributed by atoms with Gasteiger partial charge in [0.15, 0.2) is 0 Å². The van der Waals surface area contributed by atoms with E-state index in [1.807, 2.05) is 0 Å². The van der Waals surface area contributed by atoms with Crippen molar-refractivity contribution in [2.45, 2.75) is 6.92 Å².